The first kappa shape index (κ1) is 15.2. The number of hydrogen-bond acceptors (Lipinski definition) is 3. The number of amides is 1. The third-order valence-electron chi connectivity index (χ3n) is 2.93. The van der Waals surface area contributed by atoms with E-state index in [-0.39, 0.29) is 18.7 Å². The highest BCUT2D eigenvalue weighted by molar-refractivity contribution is 5.68. The topological polar surface area (TPSA) is 61.5 Å². The minimum absolute atomic E-state index is 0.00388. The molecule has 5 heteroatoms. The molecule has 1 aliphatic rings. The van der Waals surface area contributed by atoms with E-state index in [9.17, 15) is 9.90 Å². The maximum atomic E-state index is 11.6. The molecule has 5 nitrogen and oxygen atoms in total. The molecular weight excluding hydrogens is 232 g/mol. The van der Waals surface area contributed by atoms with Crippen LogP contribution in [-0.2, 0) is 9.84 Å². The van der Waals surface area contributed by atoms with Crippen molar-refractivity contribution in [2.45, 2.75) is 51.7 Å². The van der Waals surface area contributed by atoms with Crippen molar-refractivity contribution in [2.24, 2.45) is 0 Å². The van der Waals surface area contributed by atoms with Crippen LogP contribution in [0.25, 0.3) is 0 Å². The van der Waals surface area contributed by atoms with Crippen molar-refractivity contribution in [3.05, 3.63) is 0 Å². The summed E-state index contributed by atoms with van der Waals surface area (Å²) in [4.78, 5) is 13.9. The first-order chi connectivity index (χ1) is 8.40. The van der Waals surface area contributed by atoms with Gasteiger partial charge in [-0.25, -0.2) is 9.90 Å². The van der Waals surface area contributed by atoms with E-state index in [2.05, 4.69) is 10.2 Å². The van der Waals surface area contributed by atoms with Crippen LogP contribution >= 0.6 is 0 Å². The standard InChI is InChI=1S/C13H25N2O3/c1-13(2,3)18-12(17)14-11-5-8-15(9-6-11)7-4-10-16/h11H,4-10H2,1-3H3,(H,14,17). The number of nitrogens with one attached hydrogen (secondary N) is 1. The first-order valence-corrected chi connectivity index (χ1v) is 6.70. The van der Waals surface area contributed by atoms with Crippen molar-refractivity contribution >= 4 is 6.09 Å². The Kier molecular flexibility index (Phi) is 5.88. The van der Waals surface area contributed by atoms with Gasteiger partial charge in [-0.05, 0) is 40.0 Å². The van der Waals surface area contributed by atoms with Gasteiger partial charge < -0.3 is 15.0 Å². The molecule has 0 aromatic heterocycles. The van der Waals surface area contributed by atoms with Gasteiger partial charge in [-0.3, -0.25) is 0 Å². The Morgan fingerprint density at radius 2 is 1.94 bits per heavy atom. The second-order valence-corrected chi connectivity index (χ2v) is 5.82. The Morgan fingerprint density at radius 1 is 1.33 bits per heavy atom. The second kappa shape index (κ2) is 6.95. The quantitative estimate of drug-likeness (QED) is 0.835. The average molecular weight is 257 g/mol. The fourth-order valence-electron chi connectivity index (χ4n) is 2.06. The smallest absolute Gasteiger partial charge is 0.407 e. The highest BCUT2D eigenvalue weighted by Gasteiger charge is 2.23. The predicted molar refractivity (Wildman–Crippen MR) is 69.0 cm³/mol. The van der Waals surface area contributed by atoms with Crippen molar-refractivity contribution in [1.82, 2.24) is 10.2 Å². The SMILES string of the molecule is CC(C)(C)OC(=O)NC1CCN(CCC[O])CC1. The summed E-state index contributed by atoms with van der Waals surface area (Å²) in [7, 11) is 0. The summed E-state index contributed by atoms with van der Waals surface area (Å²) in [6, 6.07) is 0.198. The number of piperidine rings is 1. The van der Waals surface area contributed by atoms with E-state index in [4.69, 9.17) is 4.74 Å². The van der Waals surface area contributed by atoms with Gasteiger partial charge in [0.05, 0.1) is 6.61 Å². The van der Waals surface area contributed by atoms with Gasteiger partial charge in [0, 0.05) is 25.7 Å². The largest absolute Gasteiger partial charge is 0.444 e. The molecular formula is C13H25N2O3. The molecule has 0 bridgehead atoms. The van der Waals surface area contributed by atoms with Crippen molar-refractivity contribution in [3.8, 4) is 0 Å². The van der Waals surface area contributed by atoms with Gasteiger partial charge in [0.2, 0.25) is 0 Å². The van der Waals surface area contributed by atoms with Gasteiger partial charge in [0.15, 0.2) is 0 Å². The van der Waals surface area contributed by atoms with Gasteiger partial charge in [-0.15, -0.1) is 0 Å². The summed E-state index contributed by atoms with van der Waals surface area (Å²) in [6.07, 6.45) is 2.24. The van der Waals surface area contributed by atoms with E-state index in [1.807, 2.05) is 20.8 Å². The lowest BCUT2D eigenvalue weighted by Gasteiger charge is -2.32. The van der Waals surface area contributed by atoms with E-state index < -0.39 is 5.60 Å². The number of alkyl carbamates (subject to hydrolysis) is 1. The molecule has 1 rings (SSSR count). The van der Waals surface area contributed by atoms with Crippen LogP contribution in [0, 0.1) is 0 Å². The molecule has 0 atom stereocenters. The predicted octanol–water partition coefficient (Wildman–Crippen LogP) is 1.80. The van der Waals surface area contributed by atoms with E-state index in [1.54, 1.807) is 0 Å². The van der Waals surface area contributed by atoms with E-state index in [0.29, 0.717) is 6.42 Å². The van der Waals surface area contributed by atoms with E-state index >= 15 is 0 Å². The minimum Gasteiger partial charge on any atom is -0.444 e. The van der Waals surface area contributed by atoms with E-state index in [1.165, 1.54) is 0 Å². The average Bonchev–Trinajstić information content (AvgIpc) is 2.25. The molecule has 1 amide bonds. The monoisotopic (exact) mass is 257 g/mol. The Labute approximate surface area is 109 Å². The molecule has 1 aliphatic heterocycles. The molecule has 105 valence electrons. The molecule has 0 aliphatic carbocycles. The highest BCUT2D eigenvalue weighted by Crippen LogP contribution is 2.12. The number of carbonyl (C=O) groups is 1. The molecule has 0 aromatic carbocycles. The van der Waals surface area contributed by atoms with Crippen LogP contribution in [0.2, 0.25) is 0 Å². The summed E-state index contributed by atoms with van der Waals surface area (Å²) in [5, 5.41) is 13.3. The maximum absolute atomic E-state index is 11.6. The van der Waals surface area contributed by atoms with Crippen LogP contribution in [0.1, 0.15) is 40.0 Å². The van der Waals surface area contributed by atoms with Gasteiger partial charge in [0.25, 0.3) is 0 Å². The lowest BCUT2D eigenvalue weighted by molar-refractivity contribution is 0.0477. The fraction of sp³-hybridized carbons (Fsp3) is 0.923. The zero-order valence-corrected chi connectivity index (χ0v) is 11.7. The lowest BCUT2D eigenvalue weighted by Crippen LogP contribution is -2.46. The minimum atomic E-state index is -0.446. The molecule has 0 unspecified atom stereocenters. The zero-order chi connectivity index (χ0) is 13.6. The summed E-state index contributed by atoms with van der Waals surface area (Å²) in [5.74, 6) is 0. The summed E-state index contributed by atoms with van der Waals surface area (Å²) in [6.45, 7) is 8.34. The molecule has 0 spiro atoms. The molecule has 1 saturated heterocycles. The summed E-state index contributed by atoms with van der Waals surface area (Å²) < 4.78 is 5.23. The molecule has 18 heavy (non-hydrogen) atoms. The molecule has 1 N–H and O–H groups in total. The van der Waals surface area contributed by atoms with Gasteiger partial charge in [-0.2, -0.15) is 0 Å². The van der Waals surface area contributed by atoms with Crippen molar-refractivity contribution in [3.63, 3.8) is 0 Å². The molecule has 0 saturated carbocycles. The highest BCUT2D eigenvalue weighted by atomic mass is 16.6. The van der Waals surface area contributed by atoms with Crippen LogP contribution in [0.15, 0.2) is 0 Å². The van der Waals surface area contributed by atoms with Crippen molar-refractivity contribution in [1.29, 1.82) is 0 Å². The first-order valence-electron chi connectivity index (χ1n) is 6.70. The Balaban J connectivity index is 2.21. The normalized spacial score (nSPS) is 18.7. The second-order valence-electron chi connectivity index (χ2n) is 5.82. The Bertz CT molecular complexity index is 255. The van der Waals surface area contributed by atoms with Crippen LogP contribution in [0.4, 0.5) is 4.79 Å². The van der Waals surface area contributed by atoms with Crippen LogP contribution < -0.4 is 5.32 Å². The number of ether oxygens (including phenoxy) is 1. The van der Waals surface area contributed by atoms with Crippen LogP contribution in [-0.4, -0.2) is 48.9 Å². The molecule has 0 aromatic rings. The van der Waals surface area contributed by atoms with Gasteiger partial charge in [-0.1, -0.05) is 0 Å². The van der Waals surface area contributed by atoms with Gasteiger partial charge in [0.1, 0.15) is 5.60 Å². The number of nitrogens with zero attached hydrogens (tertiary/aromatic N) is 1. The molecule has 1 heterocycles. The number of rotatable bonds is 4. The number of hydrogen-bond donors (Lipinski definition) is 1. The third kappa shape index (κ3) is 6.21. The van der Waals surface area contributed by atoms with Crippen LogP contribution in [0.5, 0.6) is 0 Å². The van der Waals surface area contributed by atoms with Gasteiger partial charge >= 0.3 is 6.09 Å². The molecule has 1 fully saturated rings. The maximum Gasteiger partial charge on any atom is 0.407 e. The Hall–Kier alpha value is -0.810. The summed E-state index contributed by atoms with van der Waals surface area (Å²) >= 11 is 0. The van der Waals surface area contributed by atoms with Crippen molar-refractivity contribution in [2.75, 3.05) is 26.2 Å². The van der Waals surface area contributed by atoms with Crippen LogP contribution in [0.3, 0.4) is 0 Å². The fourth-order valence-corrected chi connectivity index (χ4v) is 2.06. The number of likely N-dealkylation sites (tertiary alicyclic amines) is 1. The molecule has 1 radical (unpaired) electrons. The van der Waals surface area contributed by atoms with E-state index in [0.717, 1.165) is 32.5 Å². The third-order valence-corrected chi connectivity index (χ3v) is 2.93. The zero-order valence-electron chi connectivity index (χ0n) is 11.7. The summed E-state index contributed by atoms with van der Waals surface area (Å²) in [5.41, 5.74) is -0.446. The van der Waals surface area contributed by atoms with Crippen molar-refractivity contribution < 1.29 is 14.6 Å². The number of carbonyl (C=O) groups excluding carboxylic acids is 1. The Morgan fingerprint density at radius 3 is 2.44 bits per heavy atom. The lowest BCUT2D eigenvalue weighted by atomic mass is 10.1.